The number of carbonyl (C=O) groups excluding carboxylic acids is 3. The molecule has 0 bridgehead atoms. The number of carbonyl (C=O) groups is 3. The lowest BCUT2D eigenvalue weighted by molar-refractivity contribution is -0.746. The molecule has 1 aliphatic heterocycles. The molecule has 220 valence electrons. The number of hydrogen-bond acceptors (Lipinski definition) is 7. The Morgan fingerprint density at radius 1 is 1.05 bits per heavy atom. The molecule has 0 saturated carbocycles. The zero-order valence-corrected chi connectivity index (χ0v) is 24.1. The van der Waals surface area contributed by atoms with Gasteiger partial charge < -0.3 is 15.0 Å². The largest absolute Gasteiger partial charge is 0.494 e. The van der Waals surface area contributed by atoms with E-state index in [1.165, 1.54) is 33.8 Å². The molecule has 0 radical (unpaired) electrons. The highest BCUT2D eigenvalue weighted by Gasteiger charge is 2.46. The molecule has 13 heteroatoms. The van der Waals surface area contributed by atoms with Crippen LogP contribution in [0.1, 0.15) is 29.4 Å². The minimum Gasteiger partial charge on any atom is -0.494 e. The number of thiocarbonyl (C=S) groups is 1. The summed E-state index contributed by atoms with van der Waals surface area (Å²) in [6, 6.07) is 19.8. The van der Waals surface area contributed by atoms with Crippen molar-refractivity contribution in [3.63, 3.8) is 0 Å². The Morgan fingerprint density at radius 2 is 1.74 bits per heavy atom. The van der Waals surface area contributed by atoms with Crippen molar-refractivity contribution >= 4 is 52.3 Å². The van der Waals surface area contributed by atoms with Crippen LogP contribution in [0.5, 0.6) is 5.75 Å². The van der Waals surface area contributed by atoms with E-state index in [0.29, 0.717) is 35.0 Å². The summed E-state index contributed by atoms with van der Waals surface area (Å²) in [4.78, 5) is 42.7. The van der Waals surface area contributed by atoms with Crippen LogP contribution in [-0.2, 0) is 23.2 Å². The highest BCUT2D eigenvalue weighted by molar-refractivity contribution is 7.80. The number of nitrogens with zero attached hydrogens (tertiary/aromatic N) is 4. The standard InChI is InChI=1S/C30H27FN6O5S/c1-3-41-23-15-13-22(14-16-23)37-29(40)24(17-26(38)32-21-11-9-20(31)10-12-21)36(30(37)43)18-25-28(42-34-35(25)2)33-27(39)19-7-5-4-6-8-19/h4-16,24H,3,17-18H2,1-2H3,(H-,32,33,34,38,39)/p+1. The maximum Gasteiger partial charge on any atom is 0.307 e. The van der Waals surface area contributed by atoms with Gasteiger partial charge in [-0.25, -0.2) is 4.39 Å². The normalized spacial score (nSPS) is 14.6. The maximum absolute atomic E-state index is 13.9. The Kier molecular flexibility index (Phi) is 8.71. The first-order chi connectivity index (χ1) is 20.7. The number of hydrogen-bond donors (Lipinski definition) is 2. The van der Waals surface area contributed by atoms with Gasteiger partial charge in [-0.1, -0.05) is 18.2 Å². The Bertz CT molecular complexity index is 1650. The van der Waals surface area contributed by atoms with Gasteiger partial charge in [0.25, 0.3) is 17.5 Å². The number of rotatable bonds is 10. The van der Waals surface area contributed by atoms with E-state index in [9.17, 15) is 18.8 Å². The third kappa shape index (κ3) is 6.51. The van der Waals surface area contributed by atoms with Gasteiger partial charge in [-0.15, -0.1) is 0 Å². The quantitative estimate of drug-likeness (QED) is 0.207. The third-order valence-corrected chi connectivity index (χ3v) is 7.14. The monoisotopic (exact) mass is 603 g/mol. The van der Waals surface area contributed by atoms with Crippen molar-refractivity contribution in [3.8, 4) is 5.75 Å². The summed E-state index contributed by atoms with van der Waals surface area (Å²) in [5, 5.41) is 9.50. The average Bonchev–Trinajstić information content (AvgIpc) is 3.46. The Balaban J connectivity index is 1.43. The molecular weight excluding hydrogens is 575 g/mol. The SMILES string of the molecule is CCOc1ccc(N2C(=O)C(CC(=O)Nc3ccc(F)cc3)N(Cc3c(NC(=O)c4ccccc4)on[n+]3C)C2=S)cc1. The molecule has 2 N–H and O–H groups in total. The number of benzene rings is 3. The fraction of sp³-hybridized carbons (Fsp3) is 0.200. The van der Waals surface area contributed by atoms with Crippen LogP contribution in [0.4, 0.5) is 21.6 Å². The van der Waals surface area contributed by atoms with Gasteiger partial charge >= 0.3 is 5.88 Å². The molecule has 0 aliphatic carbocycles. The number of anilines is 3. The van der Waals surface area contributed by atoms with Crippen LogP contribution < -0.4 is 25.0 Å². The number of aryl methyl sites for hydroxylation is 1. The Labute approximate surface area is 251 Å². The Morgan fingerprint density at radius 3 is 2.42 bits per heavy atom. The van der Waals surface area contributed by atoms with Gasteiger partial charge in [0, 0.05) is 11.3 Å². The molecule has 1 saturated heterocycles. The molecule has 43 heavy (non-hydrogen) atoms. The van der Waals surface area contributed by atoms with Crippen LogP contribution in [0.25, 0.3) is 0 Å². The topological polar surface area (TPSA) is 121 Å². The zero-order chi connectivity index (χ0) is 30.5. The van der Waals surface area contributed by atoms with Crippen LogP contribution in [0.2, 0.25) is 0 Å². The molecule has 4 aromatic rings. The summed E-state index contributed by atoms with van der Waals surface area (Å²) in [5.74, 6) is -1.05. The van der Waals surface area contributed by atoms with E-state index >= 15 is 0 Å². The van der Waals surface area contributed by atoms with Crippen LogP contribution >= 0.6 is 12.2 Å². The molecular formula is C30H28FN6O5S+. The second-order valence-electron chi connectivity index (χ2n) is 9.58. The van der Waals surface area contributed by atoms with E-state index in [0.717, 1.165) is 0 Å². The zero-order valence-electron chi connectivity index (χ0n) is 23.3. The minimum absolute atomic E-state index is 0.0169. The molecule has 1 fully saturated rings. The molecule has 3 aromatic carbocycles. The number of amides is 3. The van der Waals surface area contributed by atoms with E-state index in [4.69, 9.17) is 21.5 Å². The van der Waals surface area contributed by atoms with Gasteiger partial charge in [-0.3, -0.25) is 29.1 Å². The Hall–Kier alpha value is -5.17. The van der Waals surface area contributed by atoms with Gasteiger partial charge in [0.2, 0.25) is 11.2 Å². The molecule has 11 nitrogen and oxygen atoms in total. The van der Waals surface area contributed by atoms with Crippen LogP contribution in [0, 0.1) is 5.82 Å². The molecule has 2 heterocycles. The molecule has 0 spiro atoms. The van der Waals surface area contributed by atoms with Crippen molar-refractivity contribution in [2.24, 2.45) is 7.05 Å². The second-order valence-corrected chi connectivity index (χ2v) is 9.94. The molecule has 3 amide bonds. The number of aromatic nitrogens is 2. The van der Waals surface area contributed by atoms with Gasteiger partial charge in [0.15, 0.2) is 12.2 Å². The molecule has 1 aromatic heterocycles. The molecule has 1 atom stereocenters. The summed E-state index contributed by atoms with van der Waals surface area (Å²) >= 11 is 5.78. The lowest BCUT2D eigenvalue weighted by Gasteiger charge is -2.22. The van der Waals surface area contributed by atoms with Crippen molar-refractivity contribution in [1.82, 2.24) is 10.2 Å². The first-order valence-electron chi connectivity index (χ1n) is 13.4. The van der Waals surface area contributed by atoms with Crippen molar-refractivity contribution in [3.05, 3.63) is 95.9 Å². The van der Waals surface area contributed by atoms with E-state index in [-0.39, 0.29) is 24.0 Å². The van der Waals surface area contributed by atoms with Crippen molar-refractivity contribution in [2.45, 2.75) is 25.9 Å². The van der Waals surface area contributed by atoms with E-state index in [1.807, 2.05) is 6.92 Å². The van der Waals surface area contributed by atoms with Crippen molar-refractivity contribution in [2.75, 3.05) is 22.1 Å². The van der Waals surface area contributed by atoms with Crippen LogP contribution in [-0.4, -0.2) is 45.7 Å². The maximum atomic E-state index is 13.9. The highest BCUT2D eigenvalue weighted by Crippen LogP contribution is 2.31. The molecule has 1 unspecified atom stereocenters. The van der Waals surface area contributed by atoms with E-state index in [2.05, 4.69) is 15.9 Å². The van der Waals surface area contributed by atoms with Gasteiger partial charge in [0.05, 0.1) is 18.7 Å². The summed E-state index contributed by atoms with van der Waals surface area (Å²) in [6.07, 6.45) is -0.259. The molecule has 1 aliphatic rings. The smallest absolute Gasteiger partial charge is 0.307 e. The van der Waals surface area contributed by atoms with Crippen molar-refractivity contribution in [1.29, 1.82) is 0 Å². The fourth-order valence-electron chi connectivity index (χ4n) is 4.58. The van der Waals surface area contributed by atoms with Gasteiger partial charge in [0.1, 0.15) is 24.2 Å². The molecule has 5 rings (SSSR count). The number of ether oxygens (including phenoxy) is 1. The first-order valence-corrected chi connectivity index (χ1v) is 13.8. The van der Waals surface area contributed by atoms with E-state index in [1.54, 1.807) is 66.5 Å². The third-order valence-electron chi connectivity index (χ3n) is 6.72. The lowest BCUT2D eigenvalue weighted by atomic mass is 10.1. The predicted octanol–water partition coefficient (Wildman–Crippen LogP) is 3.82. The fourth-order valence-corrected chi connectivity index (χ4v) is 4.96. The van der Waals surface area contributed by atoms with Crippen LogP contribution in [0.3, 0.4) is 0 Å². The average molecular weight is 604 g/mol. The van der Waals surface area contributed by atoms with Crippen molar-refractivity contribution < 1.29 is 32.7 Å². The summed E-state index contributed by atoms with van der Waals surface area (Å²) in [5.41, 5.74) is 1.70. The first kappa shape index (κ1) is 29.3. The predicted molar refractivity (Wildman–Crippen MR) is 159 cm³/mol. The summed E-state index contributed by atoms with van der Waals surface area (Å²) < 4.78 is 25.7. The van der Waals surface area contributed by atoms with Crippen LogP contribution in [0.15, 0.2) is 83.4 Å². The number of halogens is 1. The highest BCUT2D eigenvalue weighted by atomic mass is 32.1. The summed E-state index contributed by atoms with van der Waals surface area (Å²) in [7, 11) is 1.62. The number of nitrogens with one attached hydrogen (secondary N) is 2. The lowest BCUT2D eigenvalue weighted by Crippen LogP contribution is -2.43. The summed E-state index contributed by atoms with van der Waals surface area (Å²) in [6.45, 7) is 2.34. The minimum atomic E-state index is -1.01. The second kappa shape index (κ2) is 12.8. The van der Waals surface area contributed by atoms with Gasteiger partial charge in [-0.2, -0.15) is 0 Å². The van der Waals surface area contributed by atoms with E-state index < -0.39 is 29.6 Å². The van der Waals surface area contributed by atoms with Gasteiger partial charge in [-0.05, 0) is 84.5 Å².